The molecule has 0 amide bonds. The van der Waals surface area contributed by atoms with Crippen molar-refractivity contribution in [2.75, 3.05) is 5.32 Å². The highest BCUT2D eigenvalue weighted by molar-refractivity contribution is 6.30. The molecule has 0 radical (unpaired) electrons. The number of halogens is 2. The third-order valence-electron chi connectivity index (χ3n) is 2.97. The maximum atomic E-state index is 13.8. The van der Waals surface area contributed by atoms with Crippen LogP contribution < -0.4 is 5.32 Å². The second-order valence-corrected chi connectivity index (χ2v) is 4.78. The van der Waals surface area contributed by atoms with Gasteiger partial charge in [-0.25, -0.2) is 9.07 Å². The fraction of sp³-hybridized carbons (Fsp3) is 0.0714. The molecule has 0 bridgehead atoms. The molecule has 7 heteroatoms. The summed E-state index contributed by atoms with van der Waals surface area (Å²) in [5, 5.41) is 14.3. The monoisotopic (exact) mass is 303 g/mol. The number of benzene rings is 2. The first kappa shape index (κ1) is 13.5. The summed E-state index contributed by atoms with van der Waals surface area (Å²) in [6.45, 7) is 0.339. The van der Waals surface area contributed by atoms with E-state index < -0.39 is 5.82 Å². The highest BCUT2D eigenvalue weighted by atomic mass is 35.5. The highest BCUT2D eigenvalue weighted by Crippen LogP contribution is 2.20. The average molecular weight is 304 g/mol. The summed E-state index contributed by atoms with van der Waals surface area (Å²) in [5.41, 5.74) is 2.16. The van der Waals surface area contributed by atoms with Crippen LogP contribution in [0.3, 0.4) is 0 Å². The summed E-state index contributed by atoms with van der Waals surface area (Å²) in [5.74, 6) is -0.400. The van der Waals surface area contributed by atoms with Gasteiger partial charge in [0.25, 0.3) is 0 Å². The van der Waals surface area contributed by atoms with Gasteiger partial charge >= 0.3 is 0 Å². The zero-order chi connectivity index (χ0) is 14.7. The minimum Gasteiger partial charge on any atom is -0.381 e. The maximum Gasteiger partial charge on any atom is 0.146 e. The summed E-state index contributed by atoms with van der Waals surface area (Å²) >= 11 is 5.76. The molecular weight excluding hydrogens is 293 g/mol. The van der Waals surface area contributed by atoms with E-state index >= 15 is 0 Å². The van der Waals surface area contributed by atoms with Gasteiger partial charge in [0.2, 0.25) is 0 Å². The van der Waals surface area contributed by atoms with Crippen LogP contribution in [0, 0.1) is 5.82 Å². The number of hydrogen-bond donors (Lipinski definition) is 1. The minimum absolute atomic E-state index is 0.122. The quantitative estimate of drug-likeness (QED) is 0.805. The number of nitrogens with one attached hydrogen (secondary N) is 1. The third-order valence-corrected chi connectivity index (χ3v) is 3.27. The molecule has 1 aromatic heterocycles. The first-order valence-electron chi connectivity index (χ1n) is 6.24. The molecule has 3 rings (SSSR count). The fourth-order valence-electron chi connectivity index (χ4n) is 1.92. The molecule has 106 valence electrons. The van der Waals surface area contributed by atoms with Crippen LogP contribution in [0.15, 0.2) is 48.8 Å². The summed E-state index contributed by atoms with van der Waals surface area (Å²) < 4.78 is 15.4. The Morgan fingerprint density at radius 1 is 1.19 bits per heavy atom. The smallest absolute Gasteiger partial charge is 0.146 e. The van der Waals surface area contributed by atoms with E-state index in [0.29, 0.717) is 12.1 Å². The molecule has 1 N–H and O–H groups in total. The van der Waals surface area contributed by atoms with Gasteiger partial charge in [0.15, 0.2) is 0 Å². The van der Waals surface area contributed by atoms with Gasteiger partial charge < -0.3 is 5.32 Å². The Kier molecular flexibility index (Phi) is 3.79. The van der Waals surface area contributed by atoms with Gasteiger partial charge in [-0.15, -0.1) is 5.10 Å². The lowest BCUT2D eigenvalue weighted by Gasteiger charge is -2.09. The van der Waals surface area contributed by atoms with E-state index in [-0.39, 0.29) is 5.02 Å². The standard InChI is InChI=1S/C14H11ClFN5/c15-13-6-1-3-10(14(13)16)8-17-11-4-2-5-12(7-11)21-9-18-19-20-21/h1-7,9,17H,8H2. The Morgan fingerprint density at radius 3 is 2.86 bits per heavy atom. The molecule has 3 aromatic rings. The lowest BCUT2D eigenvalue weighted by Crippen LogP contribution is -2.03. The van der Waals surface area contributed by atoms with Crippen molar-refractivity contribution >= 4 is 17.3 Å². The van der Waals surface area contributed by atoms with E-state index in [9.17, 15) is 4.39 Å². The average Bonchev–Trinajstić information content (AvgIpc) is 3.03. The van der Waals surface area contributed by atoms with Crippen LogP contribution in [0.4, 0.5) is 10.1 Å². The van der Waals surface area contributed by atoms with Crippen molar-refractivity contribution in [1.82, 2.24) is 20.2 Å². The number of anilines is 1. The first-order chi connectivity index (χ1) is 10.2. The van der Waals surface area contributed by atoms with Crippen molar-refractivity contribution in [2.45, 2.75) is 6.54 Å². The van der Waals surface area contributed by atoms with Gasteiger partial charge in [0.05, 0.1) is 10.7 Å². The molecule has 0 aliphatic carbocycles. The van der Waals surface area contributed by atoms with E-state index in [4.69, 9.17) is 11.6 Å². The summed E-state index contributed by atoms with van der Waals surface area (Å²) in [4.78, 5) is 0. The molecule has 0 aliphatic heterocycles. The Morgan fingerprint density at radius 2 is 2.05 bits per heavy atom. The molecule has 0 atom stereocenters. The fourth-order valence-corrected chi connectivity index (χ4v) is 2.11. The summed E-state index contributed by atoms with van der Waals surface area (Å²) in [7, 11) is 0. The predicted octanol–water partition coefficient (Wildman–Crippen LogP) is 3.07. The van der Waals surface area contributed by atoms with Crippen LogP contribution in [0.5, 0.6) is 0 Å². The normalized spacial score (nSPS) is 10.6. The summed E-state index contributed by atoms with van der Waals surface area (Å²) in [6, 6.07) is 12.4. The van der Waals surface area contributed by atoms with Crippen molar-refractivity contribution in [1.29, 1.82) is 0 Å². The van der Waals surface area contributed by atoms with E-state index in [1.807, 2.05) is 24.3 Å². The Balaban J connectivity index is 1.77. The van der Waals surface area contributed by atoms with Crippen molar-refractivity contribution in [2.24, 2.45) is 0 Å². The van der Waals surface area contributed by atoms with E-state index in [1.54, 1.807) is 16.8 Å². The van der Waals surface area contributed by atoms with E-state index in [2.05, 4.69) is 20.8 Å². The molecule has 0 aliphatic rings. The predicted molar refractivity (Wildman–Crippen MR) is 77.9 cm³/mol. The first-order valence-corrected chi connectivity index (χ1v) is 6.62. The second kappa shape index (κ2) is 5.88. The number of aromatic nitrogens is 4. The number of tetrazole rings is 1. The van der Waals surface area contributed by atoms with E-state index in [0.717, 1.165) is 11.4 Å². The molecular formula is C14H11ClFN5. The lowest BCUT2D eigenvalue weighted by atomic mass is 10.2. The number of hydrogen-bond acceptors (Lipinski definition) is 4. The molecule has 0 saturated carbocycles. The van der Waals surface area contributed by atoms with Crippen molar-refractivity contribution in [3.8, 4) is 5.69 Å². The van der Waals surface area contributed by atoms with Crippen LogP contribution in [0.1, 0.15) is 5.56 Å². The molecule has 5 nitrogen and oxygen atoms in total. The Hall–Kier alpha value is -2.47. The van der Waals surface area contributed by atoms with Crippen LogP contribution >= 0.6 is 11.6 Å². The Labute approximate surface area is 125 Å². The third kappa shape index (κ3) is 3.00. The van der Waals surface area contributed by atoms with Crippen molar-refractivity contribution < 1.29 is 4.39 Å². The van der Waals surface area contributed by atoms with Gasteiger partial charge in [0, 0.05) is 17.8 Å². The molecule has 2 aromatic carbocycles. The minimum atomic E-state index is -0.400. The zero-order valence-corrected chi connectivity index (χ0v) is 11.6. The highest BCUT2D eigenvalue weighted by Gasteiger charge is 2.06. The molecule has 0 unspecified atom stereocenters. The zero-order valence-electron chi connectivity index (χ0n) is 10.9. The molecule has 0 fully saturated rings. The van der Waals surface area contributed by atoms with Gasteiger partial charge in [0.1, 0.15) is 12.1 Å². The van der Waals surface area contributed by atoms with Crippen molar-refractivity contribution in [3.63, 3.8) is 0 Å². The van der Waals surface area contributed by atoms with Crippen molar-refractivity contribution in [3.05, 3.63) is 65.2 Å². The van der Waals surface area contributed by atoms with Gasteiger partial charge in [-0.05, 0) is 34.7 Å². The second-order valence-electron chi connectivity index (χ2n) is 4.37. The molecule has 0 saturated heterocycles. The Bertz CT molecular complexity index is 745. The van der Waals surface area contributed by atoms with E-state index in [1.165, 1.54) is 12.4 Å². The number of nitrogens with zero attached hydrogens (tertiary/aromatic N) is 4. The SMILES string of the molecule is Fc1c(Cl)cccc1CNc1cccc(-n2cnnn2)c1. The largest absolute Gasteiger partial charge is 0.381 e. The lowest BCUT2D eigenvalue weighted by molar-refractivity contribution is 0.613. The van der Waals surface area contributed by atoms with Gasteiger partial charge in [-0.2, -0.15) is 0 Å². The maximum absolute atomic E-state index is 13.8. The molecule has 1 heterocycles. The van der Waals surface area contributed by atoms with Crippen LogP contribution in [-0.2, 0) is 6.54 Å². The van der Waals surface area contributed by atoms with Gasteiger partial charge in [-0.3, -0.25) is 0 Å². The summed E-state index contributed by atoms with van der Waals surface area (Å²) in [6.07, 6.45) is 1.51. The van der Waals surface area contributed by atoms with Crippen LogP contribution in [0.25, 0.3) is 5.69 Å². The molecule has 21 heavy (non-hydrogen) atoms. The number of rotatable bonds is 4. The molecule has 0 spiro atoms. The topological polar surface area (TPSA) is 55.6 Å². The van der Waals surface area contributed by atoms with Crippen LogP contribution in [-0.4, -0.2) is 20.2 Å². The van der Waals surface area contributed by atoms with Gasteiger partial charge in [-0.1, -0.05) is 29.8 Å². The van der Waals surface area contributed by atoms with Crippen LogP contribution in [0.2, 0.25) is 5.02 Å².